The number of benzene rings is 2. The molecular formula is C20H27FIN3O. The first-order valence-corrected chi connectivity index (χ1v) is 8.67. The van der Waals surface area contributed by atoms with Crippen molar-refractivity contribution < 1.29 is 9.50 Å². The van der Waals surface area contributed by atoms with Gasteiger partial charge in [0.25, 0.3) is 0 Å². The van der Waals surface area contributed by atoms with Crippen molar-refractivity contribution in [3.05, 3.63) is 71.0 Å². The number of nitrogens with zero attached hydrogens (tertiary/aromatic N) is 1. The van der Waals surface area contributed by atoms with Crippen LogP contribution in [0.2, 0.25) is 0 Å². The van der Waals surface area contributed by atoms with Crippen LogP contribution in [0.15, 0.2) is 53.5 Å². The molecular weight excluding hydrogens is 444 g/mol. The molecule has 0 aliphatic carbocycles. The Morgan fingerprint density at radius 3 is 2.54 bits per heavy atom. The first kappa shape index (κ1) is 22.4. The second-order valence-electron chi connectivity index (χ2n) is 5.79. The minimum Gasteiger partial charge on any atom is -0.392 e. The van der Waals surface area contributed by atoms with E-state index in [0.717, 1.165) is 37.5 Å². The predicted octanol–water partition coefficient (Wildman–Crippen LogP) is 3.62. The van der Waals surface area contributed by atoms with Crippen LogP contribution in [0, 0.1) is 5.82 Å². The summed E-state index contributed by atoms with van der Waals surface area (Å²) in [5.41, 5.74) is 2.49. The Labute approximate surface area is 172 Å². The lowest BCUT2D eigenvalue weighted by Crippen LogP contribution is -2.37. The number of aliphatic imine (C=N–C) groups is 1. The fourth-order valence-corrected chi connectivity index (χ4v) is 2.50. The summed E-state index contributed by atoms with van der Waals surface area (Å²) in [5, 5.41) is 15.7. The molecule has 0 radical (unpaired) electrons. The number of hydrogen-bond acceptors (Lipinski definition) is 2. The van der Waals surface area contributed by atoms with Crippen LogP contribution in [-0.2, 0) is 19.6 Å². The van der Waals surface area contributed by atoms with Gasteiger partial charge < -0.3 is 15.7 Å². The number of nitrogens with one attached hydrogen (secondary N) is 2. The van der Waals surface area contributed by atoms with Gasteiger partial charge in [-0.2, -0.15) is 0 Å². The number of aliphatic hydroxyl groups is 1. The van der Waals surface area contributed by atoms with E-state index < -0.39 is 0 Å². The van der Waals surface area contributed by atoms with Crippen molar-refractivity contribution >= 4 is 29.9 Å². The highest BCUT2D eigenvalue weighted by Crippen LogP contribution is 2.11. The van der Waals surface area contributed by atoms with Gasteiger partial charge in [-0.25, -0.2) is 9.38 Å². The minimum atomic E-state index is -0.388. The lowest BCUT2D eigenvalue weighted by atomic mass is 10.1. The molecule has 0 spiro atoms. The quantitative estimate of drug-likeness (QED) is 0.239. The Balaban J connectivity index is 0.00000338. The molecule has 0 unspecified atom stereocenters. The van der Waals surface area contributed by atoms with Crippen LogP contribution in [0.3, 0.4) is 0 Å². The third-order valence-electron chi connectivity index (χ3n) is 3.82. The Morgan fingerprint density at radius 1 is 1.08 bits per heavy atom. The molecule has 0 heterocycles. The van der Waals surface area contributed by atoms with Crippen molar-refractivity contribution in [2.45, 2.75) is 32.9 Å². The van der Waals surface area contributed by atoms with Gasteiger partial charge in [0.2, 0.25) is 0 Å². The fourth-order valence-electron chi connectivity index (χ4n) is 2.50. The molecule has 0 aromatic heterocycles. The lowest BCUT2D eigenvalue weighted by Gasteiger charge is -2.11. The van der Waals surface area contributed by atoms with E-state index >= 15 is 0 Å². The van der Waals surface area contributed by atoms with E-state index in [1.807, 2.05) is 13.0 Å². The Hall–Kier alpha value is -1.67. The second kappa shape index (κ2) is 12.6. The van der Waals surface area contributed by atoms with E-state index in [2.05, 4.69) is 39.9 Å². The molecule has 0 bridgehead atoms. The van der Waals surface area contributed by atoms with Crippen molar-refractivity contribution in [3.63, 3.8) is 0 Å². The van der Waals surface area contributed by atoms with Crippen LogP contribution in [0.5, 0.6) is 0 Å². The molecule has 0 aliphatic rings. The van der Waals surface area contributed by atoms with Gasteiger partial charge >= 0.3 is 0 Å². The summed E-state index contributed by atoms with van der Waals surface area (Å²) < 4.78 is 13.4. The molecule has 0 saturated carbocycles. The first-order valence-electron chi connectivity index (χ1n) is 8.67. The molecule has 2 rings (SSSR count). The molecule has 0 aliphatic heterocycles. The predicted molar refractivity (Wildman–Crippen MR) is 115 cm³/mol. The van der Waals surface area contributed by atoms with Gasteiger partial charge in [-0.1, -0.05) is 36.4 Å². The highest BCUT2D eigenvalue weighted by Gasteiger charge is 2.03. The van der Waals surface area contributed by atoms with Gasteiger partial charge in [0.15, 0.2) is 5.96 Å². The molecule has 2 aromatic carbocycles. The van der Waals surface area contributed by atoms with Crippen molar-refractivity contribution in [1.82, 2.24) is 10.6 Å². The monoisotopic (exact) mass is 471 g/mol. The Morgan fingerprint density at radius 2 is 1.85 bits per heavy atom. The van der Waals surface area contributed by atoms with E-state index in [4.69, 9.17) is 5.11 Å². The summed E-state index contributed by atoms with van der Waals surface area (Å²) in [5.74, 6) is 0.353. The largest absolute Gasteiger partial charge is 0.392 e. The minimum absolute atomic E-state index is 0. The van der Waals surface area contributed by atoms with Crippen molar-refractivity contribution in [2.24, 2.45) is 4.99 Å². The van der Waals surface area contributed by atoms with Crippen LogP contribution in [0.4, 0.5) is 4.39 Å². The smallest absolute Gasteiger partial charge is 0.191 e. The number of aryl methyl sites for hydroxylation is 1. The first-order chi connectivity index (χ1) is 12.2. The van der Waals surface area contributed by atoms with Gasteiger partial charge in [0.1, 0.15) is 5.82 Å². The second-order valence-corrected chi connectivity index (χ2v) is 5.79. The van der Waals surface area contributed by atoms with Crippen molar-refractivity contribution in [2.75, 3.05) is 13.1 Å². The van der Waals surface area contributed by atoms with Crippen LogP contribution in [-0.4, -0.2) is 24.2 Å². The number of aliphatic hydroxyl groups excluding tert-OH is 1. The summed E-state index contributed by atoms with van der Waals surface area (Å²) in [6.07, 6.45) is 2.03. The maximum atomic E-state index is 13.4. The van der Waals surface area contributed by atoms with E-state index in [0.29, 0.717) is 12.1 Å². The van der Waals surface area contributed by atoms with Gasteiger partial charge in [-0.15, -0.1) is 24.0 Å². The van der Waals surface area contributed by atoms with Crippen LogP contribution in [0.1, 0.15) is 30.0 Å². The van der Waals surface area contributed by atoms with Gasteiger partial charge in [0.05, 0.1) is 13.2 Å². The van der Waals surface area contributed by atoms with Gasteiger partial charge in [-0.3, -0.25) is 0 Å². The molecule has 0 amide bonds. The van der Waals surface area contributed by atoms with Crippen LogP contribution >= 0.6 is 24.0 Å². The average Bonchev–Trinajstić information content (AvgIpc) is 2.65. The summed E-state index contributed by atoms with van der Waals surface area (Å²) in [6.45, 7) is 3.74. The highest BCUT2D eigenvalue weighted by molar-refractivity contribution is 14.0. The van der Waals surface area contributed by atoms with E-state index in [-0.39, 0.29) is 36.4 Å². The summed E-state index contributed by atoms with van der Waals surface area (Å²) in [7, 11) is 0. The maximum Gasteiger partial charge on any atom is 0.191 e. The van der Waals surface area contributed by atoms with E-state index in [1.54, 1.807) is 12.1 Å². The topological polar surface area (TPSA) is 56.7 Å². The summed E-state index contributed by atoms with van der Waals surface area (Å²) >= 11 is 0. The Kier molecular flexibility index (Phi) is 10.9. The molecule has 142 valence electrons. The molecule has 4 nitrogen and oxygen atoms in total. The molecule has 0 atom stereocenters. The molecule has 0 saturated heterocycles. The average molecular weight is 471 g/mol. The highest BCUT2D eigenvalue weighted by atomic mass is 127. The number of guanidine groups is 1. The molecule has 0 fully saturated rings. The third-order valence-corrected chi connectivity index (χ3v) is 3.82. The number of rotatable bonds is 8. The third kappa shape index (κ3) is 7.70. The van der Waals surface area contributed by atoms with Gasteiger partial charge in [-0.05, 0) is 43.0 Å². The summed E-state index contributed by atoms with van der Waals surface area (Å²) in [4.78, 5) is 4.52. The van der Waals surface area contributed by atoms with Crippen LogP contribution in [0.25, 0.3) is 0 Å². The van der Waals surface area contributed by atoms with Gasteiger partial charge in [0, 0.05) is 18.7 Å². The lowest BCUT2D eigenvalue weighted by molar-refractivity contribution is 0.275. The standard InChI is InChI=1S/C20H26FN3O.HI/c1-2-22-20(23-12-6-9-16-7-4-3-5-8-16)24-14-17-10-11-19(21)18(13-17)15-25;/h3-5,7-8,10-11,13,25H,2,6,9,12,14-15H2,1H3,(H2,22,23,24);1H. The zero-order chi connectivity index (χ0) is 17.9. The zero-order valence-corrected chi connectivity index (χ0v) is 17.4. The van der Waals surface area contributed by atoms with Crippen molar-refractivity contribution in [3.8, 4) is 0 Å². The van der Waals surface area contributed by atoms with E-state index in [1.165, 1.54) is 11.6 Å². The van der Waals surface area contributed by atoms with E-state index in [9.17, 15) is 4.39 Å². The van der Waals surface area contributed by atoms with Crippen LogP contribution < -0.4 is 10.6 Å². The number of halogens is 2. The molecule has 2 aromatic rings. The summed E-state index contributed by atoms with van der Waals surface area (Å²) in [6, 6.07) is 15.1. The Bertz CT molecular complexity index is 680. The maximum absolute atomic E-state index is 13.4. The zero-order valence-electron chi connectivity index (χ0n) is 15.0. The molecule has 6 heteroatoms. The number of hydrogen-bond donors (Lipinski definition) is 3. The fraction of sp³-hybridized carbons (Fsp3) is 0.350. The van der Waals surface area contributed by atoms with Crippen molar-refractivity contribution in [1.29, 1.82) is 0 Å². The SMILES string of the molecule is CCNC(=NCc1ccc(F)c(CO)c1)NCCCc1ccccc1.I. The normalized spacial score (nSPS) is 11.0. The molecule has 3 N–H and O–H groups in total. The molecule has 26 heavy (non-hydrogen) atoms.